The standard InChI is InChI=1S/C11H20N4O/c12-7-9-1-3-10(4-2-9)11-14-13-8-15(11)5-6-16/h8-10,16H,1-7,12H2. The first-order valence-corrected chi connectivity index (χ1v) is 6.03. The van der Waals surface area contributed by atoms with Crippen molar-refractivity contribution in [2.75, 3.05) is 13.2 Å². The van der Waals surface area contributed by atoms with Crippen LogP contribution in [0, 0.1) is 5.92 Å². The van der Waals surface area contributed by atoms with Crippen molar-refractivity contribution < 1.29 is 5.11 Å². The average Bonchev–Trinajstić information content (AvgIpc) is 2.78. The Kier molecular flexibility index (Phi) is 3.90. The van der Waals surface area contributed by atoms with Gasteiger partial charge in [-0.05, 0) is 38.1 Å². The van der Waals surface area contributed by atoms with E-state index in [2.05, 4.69) is 10.2 Å². The van der Waals surface area contributed by atoms with Crippen molar-refractivity contribution in [1.29, 1.82) is 0 Å². The number of aliphatic hydroxyl groups excluding tert-OH is 1. The summed E-state index contributed by atoms with van der Waals surface area (Å²) in [7, 11) is 0. The van der Waals surface area contributed by atoms with E-state index in [0.717, 1.165) is 25.2 Å². The van der Waals surface area contributed by atoms with E-state index >= 15 is 0 Å². The molecule has 90 valence electrons. The fraction of sp³-hybridized carbons (Fsp3) is 0.818. The Morgan fingerprint density at radius 2 is 2.12 bits per heavy atom. The molecular weight excluding hydrogens is 204 g/mol. The third-order valence-corrected chi connectivity index (χ3v) is 3.53. The number of hydrogen-bond donors (Lipinski definition) is 2. The van der Waals surface area contributed by atoms with Crippen molar-refractivity contribution in [3.63, 3.8) is 0 Å². The lowest BCUT2D eigenvalue weighted by Crippen LogP contribution is -2.22. The molecule has 5 heteroatoms. The Balaban J connectivity index is 1.99. The average molecular weight is 224 g/mol. The SMILES string of the molecule is NCC1CCC(c2nncn2CCO)CC1. The summed E-state index contributed by atoms with van der Waals surface area (Å²) in [4.78, 5) is 0. The summed E-state index contributed by atoms with van der Waals surface area (Å²) in [6, 6.07) is 0. The summed E-state index contributed by atoms with van der Waals surface area (Å²) in [5.41, 5.74) is 5.68. The first-order chi connectivity index (χ1) is 7.85. The molecule has 0 amide bonds. The molecule has 3 N–H and O–H groups in total. The summed E-state index contributed by atoms with van der Waals surface area (Å²) in [6.45, 7) is 1.54. The molecule has 1 aromatic heterocycles. The van der Waals surface area contributed by atoms with Crippen LogP contribution in [0.5, 0.6) is 0 Å². The van der Waals surface area contributed by atoms with Gasteiger partial charge in [-0.15, -0.1) is 10.2 Å². The largest absolute Gasteiger partial charge is 0.395 e. The van der Waals surface area contributed by atoms with Crippen molar-refractivity contribution in [3.8, 4) is 0 Å². The van der Waals surface area contributed by atoms with Crippen LogP contribution >= 0.6 is 0 Å². The molecule has 0 unspecified atom stereocenters. The van der Waals surface area contributed by atoms with Crippen LogP contribution < -0.4 is 5.73 Å². The number of nitrogens with two attached hydrogens (primary N) is 1. The Morgan fingerprint density at radius 3 is 2.75 bits per heavy atom. The van der Waals surface area contributed by atoms with E-state index in [1.54, 1.807) is 6.33 Å². The number of hydrogen-bond acceptors (Lipinski definition) is 4. The second-order valence-electron chi connectivity index (χ2n) is 4.56. The smallest absolute Gasteiger partial charge is 0.135 e. The summed E-state index contributed by atoms with van der Waals surface area (Å²) >= 11 is 0. The van der Waals surface area contributed by atoms with Crippen LogP contribution in [0.4, 0.5) is 0 Å². The third-order valence-electron chi connectivity index (χ3n) is 3.53. The minimum Gasteiger partial charge on any atom is -0.395 e. The molecule has 16 heavy (non-hydrogen) atoms. The maximum Gasteiger partial charge on any atom is 0.135 e. The van der Waals surface area contributed by atoms with Gasteiger partial charge in [-0.3, -0.25) is 0 Å². The van der Waals surface area contributed by atoms with Crippen LogP contribution in [0.15, 0.2) is 6.33 Å². The lowest BCUT2D eigenvalue weighted by Gasteiger charge is -2.27. The maximum atomic E-state index is 8.95. The van der Waals surface area contributed by atoms with Gasteiger partial charge in [-0.2, -0.15) is 0 Å². The molecule has 2 rings (SSSR count). The highest BCUT2D eigenvalue weighted by Gasteiger charge is 2.24. The predicted octanol–water partition coefficient (Wildman–Crippen LogP) is 0.503. The van der Waals surface area contributed by atoms with Crippen molar-refractivity contribution >= 4 is 0 Å². The Morgan fingerprint density at radius 1 is 1.38 bits per heavy atom. The highest BCUT2D eigenvalue weighted by molar-refractivity contribution is 4.98. The van der Waals surface area contributed by atoms with Crippen LogP contribution in [-0.2, 0) is 6.54 Å². The zero-order valence-corrected chi connectivity index (χ0v) is 9.55. The van der Waals surface area contributed by atoms with Crippen molar-refractivity contribution in [2.24, 2.45) is 11.7 Å². The van der Waals surface area contributed by atoms with Gasteiger partial charge in [0.25, 0.3) is 0 Å². The second kappa shape index (κ2) is 5.41. The zero-order chi connectivity index (χ0) is 11.4. The van der Waals surface area contributed by atoms with E-state index in [1.807, 2.05) is 4.57 Å². The lowest BCUT2D eigenvalue weighted by molar-refractivity contribution is 0.267. The first-order valence-electron chi connectivity index (χ1n) is 6.03. The van der Waals surface area contributed by atoms with E-state index < -0.39 is 0 Å². The molecule has 0 aromatic carbocycles. The number of aliphatic hydroxyl groups is 1. The molecular formula is C11H20N4O. The molecule has 0 spiro atoms. The summed E-state index contributed by atoms with van der Waals surface area (Å²) in [5.74, 6) is 2.21. The minimum atomic E-state index is 0.142. The highest BCUT2D eigenvalue weighted by atomic mass is 16.3. The molecule has 0 bridgehead atoms. The molecule has 0 saturated heterocycles. The Bertz CT molecular complexity index is 318. The van der Waals surface area contributed by atoms with Gasteiger partial charge in [-0.1, -0.05) is 0 Å². The molecule has 0 aliphatic heterocycles. The molecule has 1 fully saturated rings. The van der Waals surface area contributed by atoms with Gasteiger partial charge < -0.3 is 15.4 Å². The quantitative estimate of drug-likeness (QED) is 0.781. The van der Waals surface area contributed by atoms with Crippen LogP contribution in [-0.4, -0.2) is 33.0 Å². The highest BCUT2D eigenvalue weighted by Crippen LogP contribution is 2.34. The Labute approximate surface area is 95.7 Å². The minimum absolute atomic E-state index is 0.142. The molecule has 1 saturated carbocycles. The normalized spacial score (nSPS) is 25.9. The molecule has 0 atom stereocenters. The molecule has 1 aliphatic carbocycles. The van der Waals surface area contributed by atoms with Crippen LogP contribution in [0.3, 0.4) is 0 Å². The van der Waals surface area contributed by atoms with E-state index in [-0.39, 0.29) is 6.61 Å². The van der Waals surface area contributed by atoms with Crippen LogP contribution in [0.25, 0.3) is 0 Å². The fourth-order valence-electron chi connectivity index (χ4n) is 2.52. The zero-order valence-electron chi connectivity index (χ0n) is 9.55. The molecule has 1 aromatic rings. The number of nitrogens with zero attached hydrogens (tertiary/aromatic N) is 3. The number of rotatable bonds is 4. The molecule has 5 nitrogen and oxygen atoms in total. The lowest BCUT2D eigenvalue weighted by atomic mass is 9.81. The molecule has 1 aliphatic rings. The van der Waals surface area contributed by atoms with Crippen molar-refractivity contribution in [1.82, 2.24) is 14.8 Å². The summed E-state index contributed by atoms with van der Waals surface area (Å²) in [5, 5.41) is 17.1. The predicted molar refractivity (Wildman–Crippen MR) is 60.9 cm³/mol. The summed E-state index contributed by atoms with van der Waals surface area (Å²) < 4.78 is 1.97. The summed E-state index contributed by atoms with van der Waals surface area (Å²) in [6.07, 6.45) is 6.37. The fourth-order valence-corrected chi connectivity index (χ4v) is 2.52. The maximum absolute atomic E-state index is 8.95. The van der Waals surface area contributed by atoms with Gasteiger partial charge in [0.15, 0.2) is 0 Å². The number of aromatic nitrogens is 3. The van der Waals surface area contributed by atoms with Crippen LogP contribution in [0.1, 0.15) is 37.4 Å². The van der Waals surface area contributed by atoms with Crippen molar-refractivity contribution in [2.45, 2.75) is 38.1 Å². The second-order valence-corrected chi connectivity index (χ2v) is 4.56. The molecule has 0 radical (unpaired) electrons. The van der Waals surface area contributed by atoms with Crippen LogP contribution in [0.2, 0.25) is 0 Å². The molecule has 1 heterocycles. The van der Waals surface area contributed by atoms with E-state index in [0.29, 0.717) is 18.4 Å². The van der Waals surface area contributed by atoms with Gasteiger partial charge >= 0.3 is 0 Å². The monoisotopic (exact) mass is 224 g/mol. The van der Waals surface area contributed by atoms with Gasteiger partial charge in [0.05, 0.1) is 6.61 Å². The van der Waals surface area contributed by atoms with E-state index in [4.69, 9.17) is 10.8 Å². The topological polar surface area (TPSA) is 77.0 Å². The van der Waals surface area contributed by atoms with Gasteiger partial charge in [-0.25, -0.2) is 0 Å². The third kappa shape index (κ3) is 2.41. The van der Waals surface area contributed by atoms with Gasteiger partial charge in [0.1, 0.15) is 12.2 Å². The van der Waals surface area contributed by atoms with Gasteiger partial charge in [0.2, 0.25) is 0 Å². The van der Waals surface area contributed by atoms with Crippen molar-refractivity contribution in [3.05, 3.63) is 12.2 Å². The van der Waals surface area contributed by atoms with E-state index in [9.17, 15) is 0 Å². The first kappa shape index (κ1) is 11.5. The van der Waals surface area contributed by atoms with Gasteiger partial charge in [0, 0.05) is 12.5 Å². The Hall–Kier alpha value is -0.940. The van der Waals surface area contributed by atoms with E-state index in [1.165, 1.54) is 12.8 Å².